The Morgan fingerprint density at radius 3 is 1.41 bits per heavy atom. The molecule has 0 bridgehead atoms. The minimum atomic E-state index is -0.140. The quantitative estimate of drug-likeness (QED) is 0.164. The van der Waals surface area contributed by atoms with Crippen LogP contribution in [0.1, 0.15) is 25.0 Å². The molecule has 0 aliphatic heterocycles. The van der Waals surface area contributed by atoms with Gasteiger partial charge in [-0.15, -0.1) is 0 Å². The van der Waals surface area contributed by atoms with E-state index in [0.717, 1.165) is 67.0 Å². The fourth-order valence-corrected chi connectivity index (χ4v) is 9.88. The fourth-order valence-electron chi connectivity index (χ4n) is 9.88. The first kappa shape index (κ1) is 33.6. The summed E-state index contributed by atoms with van der Waals surface area (Å²) in [4.78, 5) is 10.6. The molecule has 1 aliphatic rings. The highest BCUT2D eigenvalue weighted by atomic mass is 15.1. The molecule has 2 aromatic heterocycles. The van der Waals surface area contributed by atoms with Crippen LogP contribution in [0.2, 0.25) is 0 Å². The lowest BCUT2D eigenvalue weighted by molar-refractivity contribution is 0.660. The molecule has 4 heteroatoms. The van der Waals surface area contributed by atoms with Gasteiger partial charge in [-0.1, -0.05) is 166 Å². The summed E-state index contributed by atoms with van der Waals surface area (Å²) in [5.74, 6) is 1.83. The van der Waals surface area contributed by atoms with Crippen molar-refractivity contribution >= 4 is 43.6 Å². The fraction of sp³-hybridized carbons (Fsp3) is 0.0545. The van der Waals surface area contributed by atoms with Gasteiger partial charge in [-0.05, 0) is 86.6 Å². The second-order valence-electron chi connectivity index (χ2n) is 16.1. The van der Waals surface area contributed by atoms with Gasteiger partial charge in [0.2, 0.25) is 0 Å². The first-order valence-electron chi connectivity index (χ1n) is 20.3. The van der Waals surface area contributed by atoms with Crippen LogP contribution in [0, 0.1) is 0 Å². The molecule has 2 heterocycles. The molecule has 12 rings (SSSR count). The van der Waals surface area contributed by atoms with Crippen molar-refractivity contribution in [3.05, 3.63) is 205 Å². The van der Waals surface area contributed by atoms with Crippen molar-refractivity contribution in [1.82, 2.24) is 19.1 Å². The Balaban J connectivity index is 1.26. The molecule has 0 atom stereocenters. The van der Waals surface area contributed by atoms with Gasteiger partial charge in [-0.25, -0.2) is 9.97 Å². The number of fused-ring (bicyclic) bond motifs is 7. The van der Waals surface area contributed by atoms with Gasteiger partial charge in [0.15, 0.2) is 0 Å². The van der Waals surface area contributed by atoms with Gasteiger partial charge in [0.25, 0.3) is 0 Å². The molecular formula is C55H38N4. The topological polar surface area (TPSA) is 35.6 Å². The maximum Gasteiger partial charge on any atom is 0.145 e. The van der Waals surface area contributed by atoms with Crippen LogP contribution >= 0.6 is 0 Å². The molecule has 59 heavy (non-hydrogen) atoms. The molecule has 0 amide bonds. The standard InChI is InChI=1S/C55H38N4/c1-55(2)43-26-10-9-22-39(43)52-40(25-15-27-44(52)55)51-37-23-16-32-47(58-49-30-13-11-28-45(49)56-53(58)35-18-5-3-6-19-35)41(37)34-42-38(51)24-17-33-48(42)59-50-31-14-12-29-46(50)57-54(59)36-20-7-4-8-21-36/h3-34H,1-2H3. The third kappa shape index (κ3) is 4.90. The van der Waals surface area contributed by atoms with Crippen molar-refractivity contribution in [3.63, 3.8) is 0 Å². The molecule has 0 unspecified atom stereocenters. The lowest BCUT2D eigenvalue weighted by Gasteiger charge is -2.23. The van der Waals surface area contributed by atoms with Crippen molar-refractivity contribution in [3.8, 4) is 56.4 Å². The minimum Gasteiger partial charge on any atom is -0.292 e. The van der Waals surface area contributed by atoms with E-state index in [9.17, 15) is 0 Å². The predicted octanol–water partition coefficient (Wildman–Crippen LogP) is 14.0. The van der Waals surface area contributed by atoms with E-state index in [1.54, 1.807) is 0 Å². The average molecular weight is 755 g/mol. The average Bonchev–Trinajstić information content (AvgIpc) is 3.94. The summed E-state index contributed by atoms with van der Waals surface area (Å²) in [6.07, 6.45) is 0. The van der Waals surface area contributed by atoms with Gasteiger partial charge in [-0.3, -0.25) is 9.13 Å². The van der Waals surface area contributed by atoms with E-state index >= 15 is 0 Å². The zero-order valence-corrected chi connectivity index (χ0v) is 32.8. The highest BCUT2D eigenvalue weighted by Gasteiger charge is 2.37. The summed E-state index contributed by atoms with van der Waals surface area (Å²) in [7, 11) is 0. The van der Waals surface area contributed by atoms with Gasteiger partial charge in [-0.2, -0.15) is 0 Å². The second-order valence-corrected chi connectivity index (χ2v) is 16.1. The Bertz CT molecular complexity index is 3290. The third-order valence-corrected chi connectivity index (χ3v) is 12.5. The number of nitrogens with zero attached hydrogens (tertiary/aromatic N) is 4. The van der Waals surface area contributed by atoms with Gasteiger partial charge >= 0.3 is 0 Å². The monoisotopic (exact) mass is 754 g/mol. The molecule has 0 N–H and O–H groups in total. The van der Waals surface area contributed by atoms with E-state index in [2.05, 4.69) is 217 Å². The number of imidazole rings is 2. The van der Waals surface area contributed by atoms with Crippen LogP contribution in [0.4, 0.5) is 0 Å². The maximum absolute atomic E-state index is 5.29. The molecule has 1 aliphatic carbocycles. The smallest absolute Gasteiger partial charge is 0.145 e. The summed E-state index contributed by atoms with van der Waals surface area (Å²) >= 11 is 0. The van der Waals surface area contributed by atoms with Crippen molar-refractivity contribution in [2.45, 2.75) is 19.3 Å². The molecule has 0 saturated carbocycles. The molecule has 11 aromatic rings. The highest BCUT2D eigenvalue weighted by molar-refractivity contribution is 6.19. The molecule has 278 valence electrons. The number of rotatable bonds is 5. The van der Waals surface area contributed by atoms with Crippen LogP contribution in [0.25, 0.3) is 100 Å². The summed E-state index contributed by atoms with van der Waals surface area (Å²) in [6.45, 7) is 4.73. The highest BCUT2D eigenvalue weighted by Crippen LogP contribution is 2.54. The van der Waals surface area contributed by atoms with Crippen LogP contribution in [0.15, 0.2) is 194 Å². The maximum atomic E-state index is 5.29. The number of aromatic nitrogens is 4. The Morgan fingerprint density at radius 1 is 0.373 bits per heavy atom. The van der Waals surface area contributed by atoms with E-state index < -0.39 is 0 Å². The van der Waals surface area contributed by atoms with Crippen LogP contribution in [-0.2, 0) is 5.41 Å². The van der Waals surface area contributed by atoms with Gasteiger partial charge in [0, 0.05) is 27.3 Å². The number of hydrogen-bond acceptors (Lipinski definition) is 2. The van der Waals surface area contributed by atoms with Crippen LogP contribution in [0.3, 0.4) is 0 Å². The van der Waals surface area contributed by atoms with Gasteiger partial charge in [0.1, 0.15) is 11.6 Å². The first-order chi connectivity index (χ1) is 29.1. The molecule has 0 radical (unpaired) electrons. The van der Waals surface area contributed by atoms with E-state index in [0.29, 0.717) is 0 Å². The normalized spacial score (nSPS) is 13.1. The van der Waals surface area contributed by atoms with Gasteiger partial charge < -0.3 is 0 Å². The summed E-state index contributed by atoms with van der Waals surface area (Å²) < 4.78 is 4.72. The van der Waals surface area contributed by atoms with Crippen molar-refractivity contribution in [2.24, 2.45) is 0 Å². The van der Waals surface area contributed by atoms with E-state index in [1.807, 2.05) is 0 Å². The number of benzene rings is 9. The predicted molar refractivity (Wildman–Crippen MR) is 245 cm³/mol. The van der Waals surface area contributed by atoms with E-state index in [-0.39, 0.29) is 5.41 Å². The Kier molecular flexibility index (Phi) is 7.24. The first-order valence-corrected chi connectivity index (χ1v) is 20.3. The second kappa shape index (κ2) is 12.7. The molecule has 0 fully saturated rings. The van der Waals surface area contributed by atoms with Crippen molar-refractivity contribution in [2.75, 3.05) is 0 Å². The van der Waals surface area contributed by atoms with E-state index in [4.69, 9.17) is 9.97 Å². The molecule has 0 saturated heterocycles. The van der Waals surface area contributed by atoms with Crippen LogP contribution < -0.4 is 0 Å². The van der Waals surface area contributed by atoms with Crippen molar-refractivity contribution < 1.29 is 0 Å². The zero-order chi connectivity index (χ0) is 39.2. The Labute approximate surface area is 342 Å². The van der Waals surface area contributed by atoms with Crippen LogP contribution in [-0.4, -0.2) is 19.1 Å². The minimum absolute atomic E-state index is 0.140. The van der Waals surface area contributed by atoms with Crippen molar-refractivity contribution in [1.29, 1.82) is 0 Å². The third-order valence-electron chi connectivity index (χ3n) is 12.5. The molecule has 4 nitrogen and oxygen atoms in total. The summed E-state index contributed by atoms with van der Waals surface area (Å²) in [5.41, 5.74) is 16.0. The van der Waals surface area contributed by atoms with Crippen LogP contribution in [0.5, 0.6) is 0 Å². The zero-order valence-electron chi connectivity index (χ0n) is 32.8. The number of para-hydroxylation sites is 4. The van der Waals surface area contributed by atoms with Gasteiger partial charge in [0.05, 0.1) is 33.4 Å². The van der Waals surface area contributed by atoms with E-state index in [1.165, 1.54) is 44.2 Å². The summed E-state index contributed by atoms with van der Waals surface area (Å²) in [6, 6.07) is 70.0. The molecule has 9 aromatic carbocycles. The Morgan fingerprint density at radius 2 is 0.831 bits per heavy atom. The largest absolute Gasteiger partial charge is 0.292 e. The molecular weight excluding hydrogens is 717 g/mol. The number of hydrogen-bond donors (Lipinski definition) is 0. The Hall–Kier alpha value is -7.56. The lowest BCUT2D eigenvalue weighted by atomic mass is 9.81. The SMILES string of the molecule is CC1(C)c2ccccc2-c2c(-c3c4cccc(-n5c(-c6ccccc6)nc6ccccc65)c4cc4c(-n5c(-c6ccccc6)nc6ccccc65)cccc34)cccc21. The lowest BCUT2D eigenvalue weighted by Crippen LogP contribution is -2.14. The molecule has 0 spiro atoms. The summed E-state index contributed by atoms with van der Waals surface area (Å²) in [5, 5.41) is 4.69.